The van der Waals surface area contributed by atoms with Crippen LogP contribution in [0.1, 0.15) is 22.2 Å². The van der Waals surface area contributed by atoms with E-state index in [1.54, 1.807) is 0 Å². The predicted molar refractivity (Wildman–Crippen MR) is 75.4 cm³/mol. The Morgan fingerprint density at radius 3 is 2.76 bits per heavy atom. The van der Waals surface area contributed by atoms with Crippen LogP contribution in [0.5, 0.6) is 0 Å². The summed E-state index contributed by atoms with van der Waals surface area (Å²) in [5.74, 6) is -0.173. The summed E-state index contributed by atoms with van der Waals surface area (Å²) >= 11 is 8.90. The minimum Gasteiger partial charge on any atom is -0.395 e. The van der Waals surface area contributed by atoms with E-state index in [4.69, 9.17) is 16.7 Å². The molecule has 2 N–H and O–H groups in total. The SMILES string of the molecule is CSC(CO)C(C)NC(=O)c1scc(C)c1Cl. The van der Waals surface area contributed by atoms with Gasteiger partial charge in [0.25, 0.3) is 5.91 Å². The van der Waals surface area contributed by atoms with Gasteiger partial charge in [-0.15, -0.1) is 11.3 Å². The van der Waals surface area contributed by atoms with Crippen molar-refractivity contribution < 1.29 is 9.90 Å². The minimum absolute atomic E-state index is 0.00113. The van der Waals surface area contributed by atoms with Crippen LogP contribution in [0, 0.1) is 6.92 Å². The Bertz CT molecular complexity index is 391. The number of aliphatic hydroxyl groups is 1. The molecule has 0 fully saturated rings. The zero-order valence-corrected chi connectivity index (χ0v) is 12.4. The van der Waals surface area contributed by atoms with Crippen molar-refractivity contribution in [3.63, 3.8) is 0 Å². The Morgan fingerprint density at radius 2 is 2.35 bits per heavy atom. The molecule has 2 atom stereocenters. The Labute approximate surface area is 115 Å². The van der Waals surface area contributed by atoms with E-state index in [1.807, 2.05) is 25.5 Å². The molecule has 0 aromatic carbocycles. The van der Waals surface area contributed by atoms with Gasteiger partial charge in [-0.05, 0) is 31.0 Å². The molecule has 1 rings (SSSR count). The Balaban J connectivity index is 2.69. The molecule has 0 bridgehead atoms. The third-order valence-corrected chi connectivity index (χ3v) is 5.36. The van der Waals surface area contributed by atoms with E-state index >= 15 is 0 Å². The number of halogens is 1. The van der Waals surface area contributed by atoms with Crippen molar-refractivity contribution in [1.82, 2.24) is 5.32 Å². The number of aliphatic hydroxyl groups excluding tert-OH is 1. The first kappa shape index (κ1) is 14.8. The second kappa shape index (κ2) is 6.64. The highest BCUT2D eigenvalue weighted by Crippen LogP contribution is 2.27. The van der Waals surface area contributed by atoms with E-state index in [2.05, 4.69) is 5.32 Å². The standard InChI is InChI=1S/C11H16ClNO2S2/c1-6-5-17-10(9(6)12)11(15)13-7(2)8(4-14)16-3/h5,7-8,14H,4H2,1-3H3,(H,13,15). The quantitative estimate of drug-likeness (QED) is 0.877. The van der Waals surface area contributed by atoms with Crippen LogP contribution < -0.4 is 5.32 Å². The van der Waals surface area contributed by atoms with Gasteiger partial charge in [0.15, 0.2) is 0 Å². The summed E-state index contributed by atoms with van der Waals surface area (Å²) < 4.78 is 0. The van der Waals surface area contributed by atoms with Gasteiger partial charge in [0.2, 0.25) is 0 Å². The van der Waals surface area contributed by atoms with Crippen molar-refractivity contribution in [2.75, 3.05) is 12.9 Å². The molecule has 6 heteroatoms. The summed E-state index contributed by atoms with van der Waals surface area (Å²) in [5.41, 5.74) is 0.915. The van der Waals surface area contributed by atoms with E-state index in [9.17, 15) is 4.79 Å². The van der Waals surface area contributed by atoms with Gasteiger partial charge < -0.3 is 10.4 Å². The second-order valence-corrected chi connectivity index (χ2v) is 6.12. The lowest BCUT2D eigenvalue weighted by Gasteiger charge is -2.20. The zero-order valence-electron chi connectivity index (χ0n) is 9.99. The number of rotatable bonds is 5. The van der Waals surface area contributed by atoms with Gasteiger partial charge in [-0.3, -0.25) is 4.79 Å². The minimum atomic E-state index is -0.173. The highest BCUT2D eigenvalue weighted by Gasteiger charge is 2.21. The first-order valence-corrected chi connectivity index (χ1v) is 7.73. The van der Waals surface area contributed by atoms with Crippen LogP contribution in [0.4, 0.5) is 0 Å². The molecule has 2 unspecified atom stereocenters. The van der Waals surface area contributed by atoms with Crippen LogP contribution >= 0.6 is 34.7 Å². The first-order valence-electron chi connectivity index (χ1n) is 5.19. The number of amides is 1. The average Bonchev–Trinajstić information content (AvgIpc) is 2.61. The molecule has 0 spiro atoms. The summed E-state index contributed by atoms with van der Waals surface area (Å²) in [4.78, 5) is 12.5. The van der Waals surface area contributed by atoms with Crippen molar-refractivity contribution in [2.45, 2.75) is 25.1 Å². The lowest BCUT2D eigenvalue weighted by Crippen LogP contribution is -2.41. The molecule has 0 aliphatic rings. The first-order chi connectivity index (χ1) is 8.01. The van der Waals surface area contributed by atoms with Gasteiger partial charge >= 0.3 is 0 Å². The third-order valence-electron chi connectivity index (χ3n) is 2.50. The molecule has 17 heavy (non-hydrogen) atoms. The topological polar surface area (TPSA) is 49.3 Å². The molecule has 96 valence electrons. The Kier molecular flexibility index (Phi) is 5.79. The van der Waals surface area contributed by atoms with Crippen LogP contribution in [0.25, 0.3) is 0 Å². The largest absolute Gasteiger partial charge is 0.395 e. The molecule has 0 aliphatic carbocycles. The molecule has 0 saturated heterocycles. The van der Waals surface area contributed by atoms with Crippen LogP contribution in [0.2, 0.25) is 5.02 Å². The number of hydrogen-bond acceptors (Lipinski definition) is 4. The van der Waals surface area contributed by atoms with Gasteiger partial charge in [0, 0.05) is 11.3 Å². The summed E-state index contributed by atoms with van der Waals surface area (Å²) in [6.07, 6.45) is 1.91. The second-order valence-electron chi connectivity index (χ2n) is 3.78. The Morgan fingerprint density at radius 1 is 1.71 bits per heavy atom. The Hall–Kier alpha value is -0.230. The van der Waals surface area contributed by atoms with Crippen LogP contribution in [-0.4, -0.2) is 35.2 Å². The predicted octanol–water partition coefficient (Wildman–Crippen LogP) is 2.55. The van der Waals surface area contributed by atoms with Crippen molar-refractivity contribution in [2.24, 2.45) is 0 Å². The van der Waals surface area contributed by atoms with Gasteiger partial charge in [-0.2, -0.15) is 11.8 Å². The van der Waals surface area contributed by atoms with Gasteiger partial charge in [0.05, 0.1) is 11.6 Å². The lowest BCUT2D eigenvalue weighted by molar-refractivity contribution is 0.0940. The fourth-order valence-corrected chi connectivity index (χ4v) is 3.19. The molecule has 1 amide bonds. The molecule has 0 saturated carbocycles. The third kappa shape index (κ3) is 3.61. The molecular weight excluding hydrogens is 278 g/mol. The normalized spacial score (nSPS) is 14.4. The molecule has 1 heterocycles. The molecule has 0 aliphatic heterocycles. The van der Waals surface area contributed by atoms with E-state index in [0.29, 0.717) is 9.90 Å². The van der Waals surface area contributed by atoms with Gasteiger partial charge in [0.1, 0.15) is 4.88 Å². The molecule has 1 aromatic rings. The van der Waals surface area contributed by atoms with Gasteiger partial charge in [-0.25, -0.2) is 0 Å². The summed E-state index contributed by atoms with van der Waals surface area (Å²) in [6.45, 7) is 3.79. The van der Waals surface area contributed by atoms with Crippen molar-refractivity contribution >= 4 is 40.6 Å². The molecule has 3 nitrogen and oxygen atoms in total. The monoisotopic (exact) mass is 293 g/mol. The number of carbonyl (C=O) groups is 1. The maximum absolute atomic E-state index is 11.9. The highest BCUT2D eigenvalue weighted by molar-refractivity contribution is 7.99. The van der Waals surface area contributed by atoms with Crippen molar-refractivity contribution in [3.05, 3.63) is 20.8 Å². The van der Waals surface area contributed by atoms with E-state index in [1.165, 1.54) is 23.1 Å². The van der Waals surface area contributed by atoms with E-state index in [0.717, 1.165) is 5.56 Å². The van der Waals surface area contributed by atoms with E-state index in [-0.39, 0.29) is 23.8 Å². The number of thiophene rings is 1. The number of nitrogens with one attached hydrogen (secondary N) is 1. The fourth-order valence-electron chi connectivity index (χ4n) is 1.39. The lowest BCUT2D eigenvalue weighted by atomic mass is 10.2. The van der Waals surface area contributed by atoms with Crippen LogP contribution in [-0.2, 0) is 0 Å². The van der Waals surface area contributed by atoms with Gasteiger partial charge in [-0.1, -0.05) is 11.6 Å². The van der Waals surface area contributed by atoms with Crippen LogP contribution in [0.3, 0.4) is 0 Å². The zero-order chi connectivity index (χ0) is 13.0. The molecular formula is C11H16ClNO2S2. The van der Waals surface area contributed by atoms with Crippen molar-refractivity contribution in [3.8, 4) is 0 Å². The maximum Gasteiger partial charge on any atom is 0.263 e. The number of aryl methyl sites for hydroxylation is 1. The van der Waals surface area contributed by atoms with E-state index < -0.39 is 0 Å². The van der Waals surface area contributed by atoms with Crippen LogP contribution in [0.15, 0.2) is 5.38 Å². The summed E-state index contributed by atoms with van der Waals surface area (Å²) in [7, 11) is 0. The molecule has 0 radical (unpaired) electrons. The molecule has 1 aromatic heterocycles. The highest BCUT2D eigenvalue weighted by atomic mass is 35.5. The smallest absolute Gasteiger partial charge is 0.263 e. The average molecular weight is 294 g/mol. The summed E-state index contributed by atoms with van der Waals surface area (Å²) in [6, 6.07) is -0.0963. The number of thioether (sulfide) groups is 1. The van der Waals surface area contributed by atoms with Crippen molar-refractivity contribution in [1.29, 1.82) is 0 Å². The fraction of sp³-hybridized carbons (Fsp3) is 0.545. The summed E-state index contributed by atoms with van der Waals surface area (Å²) in [5, 5.41) is 14.4. The number of carbonyl (C=O) groups excluding carboxylic acids is 1. The number of hydrogen-bond donors (Lipinski definition) is 2. The maximum atomic E-state index is 11.9.